The highest BCUT2D eigenvalue weighted by molar-refractivity contribution is 7.98. The van der Waals surface area contributed by atoms with Gasteiger partial charge in [-0.15, -0.1) is 0 Å². The van der Waals surface area contributed by atoms with Crippen LogP contribution in [-0.4, -0.2) is 72.8 Å². The zero-order valence-electron chi connectivity index (χ0n) is 26.6. The molecule has 2 N–H and O–H groups in total. The summed E-state index contributed by atoms with van der Waals surface area (Å²) in [4.78, 5) is 25.3. The van der Waals surface area contributed by atoms with Gasteiger partial charge < -0.3 is 29.4 Å². The average molecular weight is 628 g/mol. The Labute approximate surface area is 266 Å². The summed E-state index contributed by atoms with van der Waals surface area (Å²) in [5, 5.41) is 12.4. The quantitative estimate of drug-likeness (QED) is 0.214. The molecule has 2 aromatic carbocycles. The van der Waals surface area contributed by atoms with Gasteiger partial charge in [0.25, 0.3) is 5.91 Å². The second-order valence-corrected chi connectivity index (χ2v) is 13.5. The van der Waals surface area contributed by atoms with Crippen LogP contribution in [0.15, 0.2) is 42.5 Å². The smallest absolute Gasteiger partial charge is 0.326 e. The molecule has 1 saturated heterocycles. The summed E-state index contributed by atoms with van der Waals surface area (Å²) in [5.41, 5.74) is 4.11. The number of amides is 1. The molecule has 0 radical (unpaired) electrons. The Morgan fingerprint density at radius 2 is 1.89 bits per heavy atom. The van der Waals surface area contributed by atoms with Gasteiger partial charge >= 0.3 is 5.97 Å². The topological polar surface area (TPSA) is 103 Å². The first-order valence-electron chi connectivity index (χ1n) is 15.9. The third kappa shape index (κ3) is 10.3. The lowest BCUT2D eigenvalue weighted by Crippen LogP contribution is -2.41. The minimum Gasteiger partial charge on any atom is -0.480 e. The summed E-state index contributed by atoms with van der Waals surface area (Å²) in [7, 11) is 0. The second kappa shape index (κ2) is 16.8. The fourth-order valence-corrected chi connectivity index (χ4v) is 6.55. The molecule has 2 fully saturated rings. The normalized spacial score (nSPS) is 19.9. The summed E-state index contributed by atoms with van der Waals surface area (Å²) in [6.07, 6.45) is 9.37. The molecule has 1 unspecified atom stereocenters. The van der Waals surface area contributed by atoms with Crippen LogP contribution >= 0.6 is 11.8 Å². The number of hydrogen-bond acceptors (Lipinski definition) is 7. The van der Waals surface area contributed by atoms with Crippen molar-refractivity contribution in [3.8, 4) is 11.1 Å². The highest BCUT2D eigenvalue weighted by atomic mass is 32.2. The second-order valence-electron chi connectivity index (χ2n) is 12.5. The summed E-state index contributed by atoms with van der Waals surface area (Å²) in [6, 6.07) is 12.7. The molecule has 0 spiro atoms. The first-order chi connectivity index (χ1) is 21.1. The molecule has 1 aliphatic carbocycles. The molecule has 44 heavy (non-hydrogen) atoms. The van der Waals surface area contributed by atoms with E-state index >= 15 is 0 Å². The van der Waals surface area contributed by atoms with E-state index in [4.69, 9.17) is 18.9 Å². The van der Waals surface area contributed by atoms with Gasteiger partial charge in [0.05, 0.1) is 32.5 Å². The molecule has 0 bridgehead atoms. The number of carboxylic acid groups (broad SMARTS) is 1. The number of thioether (sulfide) groups is 1. The van der Waals surface area contributed by atoms with Crippen LogP contribution in [0.3, 0.4) is 0 Å². The minimum atomic E-state index is -1.03. The standard InChI is InChI=1S/C35H49NO7S/c1-24-10-8-9-13-29(24)31-19-26(14-15-30(31)33(37)36-32(34(38)39)16-17-44-4)20-41-27(18-25-11-6-5-7-12-25)21-40-22-28-23-42-35(2,3)43-28/h8-10,13-15,19,25,27-28,32H,5-7,11-12,16-18,20-23H2,1-4H3,(H,36,37)(H,38,39)/t27-,28?,32-/m0/s1. The maximum Gasteiger partial charge on any atom is 0.326 e. The molecule has 2 aromatic rings. The van der Waals surface area contributed by atoms with Crippen LogP contribution < -0.4 is 5.32 Å². The van der Waals surface area contributed by atoms with E-state index in [1.807, 2.05) is 63.4 Å². The summed E-state index contributed by atoms with van der Waals surface area (Å²) >= 11 is 1.55. The van der Waals surface area contributed by atoms with Crippen LogP contribution in [0.2, 0.25) is 0 Å². The maximum absolute atomic E-state index is 13.4. The Balaban J connectivity index is 1.49. The lowest BCUT2D eigenvalue weighted by molar-refractivity contribution is -0.147. The molecule has 4 rings (SSSR count). The van der Waals surface area contributed by atoms with Gasteiger partial charge in [0, 0.05) is 5.56 Å². The van der Waals surface area contributed by atoms with E-state index in [1.165, 1.54) is 32.1 Å². The van der Waals surface area contributed by atoms with Gasteiger partial charge in [-0.05, 0) is 85.9 Å². The van der Waals surface area contributed by atoms with Crippen molar-refractivity contribution in [3.63, 3.8) is 0 Å². The third-order valence-electron chi connectivity index (χ3n) is 8.46. The van der Waals surface area contributed by atoms with Crippen LogP contribution in [0.1, 0.15) is 80.3 Å². The van der Waals surface area contributed by atoms with Crippen LogP contribution in [0.5, 0.6) is 0 Å². The number of carbonyl (C=O) groups excluding carboxylic acids is 1. The van der Waals surface area contributed by atoms with E-state index < -0.39 is 23.7 Å². The molecule has 0 aromatic heterocycles. The van der Waals surface area contributed by atoms with Gasteiger partial charge in [-0.3, -0.25) is 4.79 Å². The van der Waals surface area contributed by atoms with Crippen molar-refractivity contribution < 1.29 is 33.6 Å². The van der Waals surface area contributed by atoms with Gasteiger partial charge in [-0.2, -0.15) is 11.8 Å². The Morgan fingerprint density at radius 1 is 1.11 bits per heavy atom. The number of rotatable bonds is 16. The average Bonchev–Trinajstić information content (AvgIpc) is 3.36. The Hall–Kier alpha value is -2.43. The van der Waals surface area contributed by atoms with E-state index in [0.29, 0.717) is 50.1 Å². The third-order valence-corrected chi connectivity index (χ3v) is 9.10. The number of aliphatic carboxylic acids is 1. The maximum atomic E-state index is 13.4. The zero-order valence-corrected chi connectivity index (χ0v) is 27.5. The van der Waals surface area contributed by atoms with Crippen molar-refractivity contribution >= 4 is 23.6 Å². The minimum absolute atomic E-state index is 0.0638. The Morgan fingerprint density at radius 3 is 2.57 bits per heavy atom. The predicted octanol–water partition coefficient (Wildman–Crippen LogP) is 6.62. The van der Waals surface area contributed by atoms with Crippen molar-refractivity contribution in [2.45, 2.75) is 96.4 Å². The van der Waals surface area contributed by atoms with Crippen molar-refractivity contribution in [3.05, 3.63) is 59.2 Å². The Kier molecular flexibility index (Phi) is 13.1. The van der Waals surface area contributed by atoms with E-state index in [2.05, 4.69) is 5.32 Å². The highest BCUT2D eigenvalue weighted by Crippen LogP contribution is 2.31. The molecule has 3 atom stereocenters. The molecule has 9 heteroatoms. The first kappa shape index (κ1) is 34.4. The van der Waals surface area contributed by atoms with Crippen LogP contribution in [-0.2, 0) is 30.3 Å². The molecule has 8 nitrogen and oxygen atoms in total. The van der Waals surface area contributed by atoms with Crippen molar-refractivity contribution in [2.75, 3.05) is 31.8 Å². The van der Waals surface area contributed by atoms with Gasteiger partial charge in [0.15, 0.2) is 5.79 Å². The number of hydrogen-bond donors (Lipinski definition) is 2. The number of ether oxygens (including phenoxy) is 4. The molecule has 1 amide bonds. The first-order valence-corrected chi connectivity index (χ1v) is 17.3. The van der Waals surface area contributed by atoms with Gasteiger partial charge in [0.1, 0.15) is 12.1 Å². The lowest BCUT2D eigenvalue weighted by atomic mass is 9.85. The number of nitrogens with one attached hydrogen (secondary N) is 1. The van der Waals surface area contributed by atoms with E-state index in [0.717, 1.165) is 28.7 Å². The lowest BCUT2D eigenvalue weighted by Gasteiger charge is -2.27. The van der Waals surface area contributed by atoms with Gasteiger partial charge in [0.2, 0.25) is 0 Å². The van der Waals surface area contributed by atoms with Crippen LogP contribution in [0, 0.1) is 12.8 Å². The largest absolute Gasteiger partial charge is 0.480 e. The SMILES string of the molecule is CSCC[C@H](NC(=O)c1ccc(CO[C@H](COCC2COC(C)(C)O2)CC2CCCCC2)cc1-c1ccccc1C)C(=O)O. The summed E-state index contributed by atoms with van der Waals surface area (Å²) in [5.74, 6) is -0.730. The molecule has 1 heterocycles. The molecule has 2 aliphatic rings. The van der Waals surface area contributed by atoms with Gasteiger partial charge in [-0.25, -0.2) is 4.79 Å². The number of aryl methyl sites for hydroxylation is 1. The molecule has 1 aliphatic heterocycles. The van der Waals surface area contributed by atoms with Crippen molar-refractivity contribution in [2.24, 2.45) is 5.92 Å². The van der Waals surface area contributed by atoms with E-state index in [-0.39, 0.29) is 12.2 Å². The van der Waals surface area contributed by atoms with Crippen LogP contribution in [0.4, 0.5) is 0 Å². The van der Waals surface area contributed by atoms with Crippen molar-refractivity contribution in [1.29, 1.82) is 0 Å². The summed E-state index contributed by atoms with van der Waals surface area (Å²) < 4.78 is 24.2. The number of benzene rings is 2. The molecule has 242 valence electrons. The molecular formula is C35H49NO7S. The van der Waals surface area contributed by atoms with Crippen LogP contribution in [0.25, 0.3) is 11.1 Å². The van der Waals surface area contributed by atoms with Gasteiger partial charge in [-0.1, -0.05) is 62.4 Å². The Bertz CT molecular complexity index is 1230. The van der Waals surface area contributed by atoms with E-state index in [9.17, 15) is 14.7 Å². The monoisotopic (exact) mass is 627 g/mol. The zero-order chi connectivity index (χ0) is 31.5. The predicted molar refractivity (Wildman–Crippen MR) is 174 cm³/mol. The highest BCUT2D eigenvalue weighted by Gasteiger charge is 2.33. The molecule has 1 saturated carbocycles. The fraction of sp³-hybridized carbons (Fsp3) is 0.600. The number of carbonyl (C=O) groups is 2. The summed E-state index contributed by atoms with van der Waals surface area (Å²) in [6.45, 7) is 7.68. The molecular weight excluding hydrogens is 578 g/mol. The fourth-order valence-electron chi connectivity index (χ4n) is 6.08. The van der Waals surface area contributed by atoms with E-state index in [1.54, 1.807) is 17.8 Å². The number of carboxylic acids is 1. The van der Waals surface area contributed by atoms with Crippen molar-refractivity contribution in [1.82, 2.24) is 5.32 Å².